The second-order valence-electron chi connectivity index (χ2n) is 7.37. The maximum atomic E-state index is 12.9. The summed E-state index contributed by atoms with van der Waals surface area (Å²) in [4.78, 5) is 40.1. The minimum Gasteiger partial charge on any atom is -0.362 e. The van der Waals surface area contributed by atoms with Gasteiger partial charge in [0.2, 0.25) is 17.7 Å². The third kappa shape index (κ3) is 5.59. The molecule has 2 aromatic rings. The highest BCUT2D eigenvalue weighted by atomic mass is 16.2. The van der Waals surface area contributed by atoms with E-state index in [1.807, 2.05) is 19.1 Å². The molecule has 30 heavy (non-hydrogen) atoms. The lowest BCUT2D eigenvalue weighted by atomic mass is 10.0. The van der Waals surface area contributed by atoms with Crippen LogP contribution >= 0.6 is 0 Å². The number of carbonyl (C=O) groups excluding carboxylic acids is 3. The number of nitrogens with one attached hydrogen (secondary N) is 2. The van der Waals surface area contributed by atoms with Crippen LogP contribution in [0.2, 0.25) is 0 Å². The Morgan fingerprint density at radius 1 is 1.00 bits per heavy atom. The minimum atomic E-state index is -0.253. The Morgan fingerprint density at radius 2 is 1.67 bits per heavy atom. The zero-order chi connectivity index (χ0) is 21.5. The van der Waals surface area contributed by atoms with Crippen molar-refractivity contribution in [2.24, 2.45) is 0 Å². The van der Waals surface area contributed by atoms with E-state index in [0.29, 0.717) is 17.9 Å². The van der Waals surface area contributed by atoms with Crippen molar-refractivity contribution >= 4 is 34.8 Å². The van der Waals surface area contributed by atoms with E-state index in [9.17, 15) is 14.4 Å². The van der Waals surface area contributed by atoms with Crippen LogP contribution < -0.4 is 15.5 Å². The molecule has 0 atom stereocenters. The van der Waals surface area contributed by atoms with Gasteiger partial charge in [-0.1, -0.05) is 18.2 Å². The highest BCUT2D eigenvalue weighted by Gasteiger charge is 2.22. The fourth-order valence-electron chi connectivity index (χ4n) is 3.63. The number of hydrogen-bond donors (Lipinski definition) is 2. The molecule has 0 radical (unpaired) electrons. The van der Waals surface area contributed by atoms with Gasteiger partial charge in [0.1, 0.15) is 0 Å². The zero-order valence-electron chi connectivity index (χ0n) is 17.5. The molecule has 2 N–H and O–H groups in total. The monoisotopic (exact) mass is 408 g/mol. The van der Waals surface area contributed by atoms with Gasteiger partial charge in [0.15, 0.2) is 0 Å². The van der Waals surface area contributed by atoms with Crippen LogP contribution in [0.5, 0.6) is 0 Å². The Bertz CT molecular complexity index is 911. The molecule has 1 heterocycles. The number of para-hydroxylation sites is 1. The van der Waals surface area contributed by atoms with Crippen molar-refractivity contribution in [3.05, 3.63) is 54.1 Å². The first-order chi connectivity index (χ1) is 14.5. The van der Waals surface area contributed by atoms with Gasteiger partial charge in [-0.25, -0.2) is 0 Å². The molecule has 0 spiro atoms. The van der Waals surface area contributed by atoms with Crippen LogP contribution in [0, 0.1) is 0 Å². The largest absolute Gasteiger partial charge is 0.362 e. The van der Waals surface area contributed by atoms with Gasteiger partial charge >= 0.3 is 0 Å². The normalized spacial score (nSPS) is 12.7. The molecule has 0 unspecified atom stereocenters. The van der Waals surface area contributed by atoms with Crippen LogP contribution in [0.1, 0.15) is 25.8 Å². The predicted octanol–water partition coefficient (Wildman–Crippen LogP) is 2.88. The Morgan fingerprint density at radius 3 is 2.33 bits per heavy atom. The Labute approximate surface area is 177 Å². The molecule has 3 amide bonds. The first-order valence-corrected chi connectivity index (χ1v) is 10.2. The molecule has 2 aromatic carbocycles. The summed E-state index contributed by atoms with van der Waals surface area (Å²) >= 11 is 0. The van der Waals surface area contributed by atoms with Crippen molar-refractivity contribution < 1.29 is 14.4 Å². The zero-order valence-corrected chi connectivity index (χ0v) is 17.5. The number of anilines is 3. The molecule has 0 saturated heterocycles. The van der Waals surface area contributed by atoms with Crippen molar-refractivity contribution in [3.8, 4) is 0 Å². The number of hydrogen-bond acceptors (Lipinski definition) is 4. The van der Waals surface area contributed by atoms with Crippen molar-refractivity contribution in [2.75, 3.05) is 41.7 Å². The summed E-state index contributed by atoms with van der Waals surface area (Å²) < 4.78 is 0. The Balaban J connectivity index is 1.56. The molecule has 0 saturated carbocycles. The van der Waals surface area contributed by atoms with E-state index < -0.39 is 0 Å². The topological polar surface area (TPSA) is 81.8 Å². The van der Waals surface area contributed by atoms with Gasteiger partial charge in [0.05, 0.1) is 13.1 Å². The third-order valence-corrected chi connectivity index (χ3v) is 5.09. The molecule has 7 heteroatoms. The fourth-order valence-corrected chi connectivity index (χ4v) is 3.63. The van der Waals surface area contributed by atoms with Crippen molar-refractivity contribution in [2.45, 2.75) is 26.7 Å². The highest BCUT2D eigenvalue weighted by molar-refractivity contribution is 5.95. The van der Waals surface area contributed by atoms with Gasteiger partial charge in [-0.15, -0.1) is 0 Å². The summed E-state index contributed by atoms with van der Waals surface area (Å²) in [6, 6.07) is 15.0. The van der Waals surface area contributed by atoms with Gasteiger partial charge in [0, 0.05) is 37.1 Å². The molecule has 0 fully saturated rings. The van der Waals surface area contributed by atoms with Crippen LogP contribution in [-0.2, 0) is 20.8 Å². The molecule has 0 bridgehead atoms. The number of carbonyl (C=O) groups is 3. The first kappa shape index (κ1) is 21.4. The SMILES string of the molecule is CCN(CC(=O)Nc1ccc(NC(C)=O)cc1)C(=O)CN1CCCc2ccccc21. The molecule has 0 aliphatic carbocycles. The average molecular weight is 409 g/mol. The quantitative estimate of drug-likeness (QED) is 0.738. The molecule has 158 valence electrons. The van der Waals surface area contributed by atoms with Gasteiger partial charge in [-0.05, 0) is 55.7 Å². The molecule has 7 nitrogen and oxygen atoms in total. The lowest BCUT2D eigenvalue weighted by Crippen LogP contribution is -2.45. The van der Waals surface area contributed by atoms with Crippen molar-refractivity contribution in [3.63, 3.8) is 0 Å². The molecule has 1 aliphatic rings. The van der Waals surface area contributed by atoms with Crippen LogP contribution in [0.15, 0.2) is 48.5 Å². The number of likely N-dealkylation sites (N-methyl/N-ethyl adjacent to an activating group) is 1. The lowest BCUT2D eigenvalue weighted by molar-refractivity contribution is -0.133. The number of amides is 3. The molecular formula is C23H28N4O3. The van der Waals surface area contributed by atoms with Gasteiger partial charge in [-0.2, -0.15) is 0 Å². The first-order valence-electron chi connectivity index (χ1n) is 10.2. The molecular weight excluding hydrogens is 380 g/mol. The van der Waals surface area contributed by atoms with E-state index in [1.165, 1.54) is 12.5 Å². The molecule has 3 rings (SSSR count). The van der Waals surface area contributed by atoms with E-state index in [-0.39, 0.29) is 30.8 Å². The van der Waals surface area contributed by atoms with Gasteiger partial charge in [0.25, 0.3) is 0 Å². The second kappa shape index (κ2) is 9.91. The summed E-state index contributed by atoms with van der Waals surface area (Å²) in [5, 5.41) is 5.48. The number of benzene rings is 2. The van der Waals surface area contributed by atoms with E-state index in [4.69, 9.17) is 0 Å². The summed E-state index contributed by atoms with van der Waals surface area (Å²) in [7, 11) is 0. The Kier molecular flexibility index (Phi) is 7.06. The van der Waals surface area contributed by atoms with Crippen LogP contribution in [0.4, 0.5) is 17.1 Å². The second-order valence-corrected chi connectivity index (χ2v) is 7.37. The van der Waals surface area contributed by atoms with Crippen LogP contribution in [0.3, 0.4) is 0 Å². The maximum absolute atomic E-state index is 12.9. The van der Waals surface area contributed by atoms with Gasteiger partial charge in [-0.3, -0.25) is 14.4 Å². The summed E-state index contributed by atoms with van der Waals surface area (Å²) in [5.41, 5.74) is 3.65. The smallest absolute Gasteiger partial charge is 0.243 e. The summed E-state index contributed by atoms with van der Waals surface area (Å²) in [6.45, 7) is 4.88. The van der Waals surface area contributed by atoms with E-state index in [2.05, 4.69) is 27.7 Å². The molecule has 1 aliphatic heterocycles. The fraction of sp³-hybridized carbons (Fsp3) is 0.348. The van der Waals surface area contributed by atoms with E-state index in [1.54, 1.807) is 29.2 Å². The number of aryl methyl sites for hydroxylation is 1. The third-order valence-electron chi connectivity index (χ3n) is 5.09. The molecule has 0 aromatic heterocycles. The lowest BCUT2D eigenvalue weighted by Gasteiger charge is -2.32. The minimum absolute atomic E-state index is 0.00172. The van der Waals surface area contributed by atoms with Crippen LogP contribution in [0.25, 0.3) is 0 Å². The van der Waals surface area contributed by atoms with Crippen LogP contribution in [-0.4, -0.2) is 48.8 Å². The van der Waals surface area contributed by atoms with E-state index in [0.717, 1.165) is 25.1 Å². The van der Waals surface area contributed by atoms with E-state index >= 15 is 0 Å². The number of rotatable bonds is 7. The van der Waals surface area contributed by atoms with Gasteiger partial charge < -0.3 is 20.4 Å². The number of fused-ring (bicyclic) bond motifs is 1. The van der Waals surface area contributed by atoms with Crippen molar-refractivity contribution in [1.29, 1.82) is 0 Å². The standard InChI is InChI=1S/C23H28N4O3/c1-3-26(15-22(29)25-20-12-10-19(11-13-20)24-17(2)28)23(30)16-27-14-6-8-18-7-4-5-9-21(18)27/h4-5,7,9-13H,3,6,8,14-16H2,1-2H3,(H,24,28)(H,25,29). The average Bonchev–Trinajstić information content (AvgIpc) is 2.73. The predicted molar refractivity (Wildman–Crippen MR) is 119 cm³/mol. The highest BCUT2D eigenvalue weighted by Crippen LogP contribution is 2.26. The van der Waals surface area contributed by atoms with Crippen molar-refractivity contribution in [1.82, 2.24) is 4.90 Å². The number of nitrogens with zero attached hydrogens (tertiary/aromatic N) is 2. The maximum Gasteiger partial charge on any atom is 0.243 e. The summed E-state index contributed by atoms with van der Waals surface area (Å²) in [5.74, 6) is -0.470. The summed E-state index contributed by atoms with van der Waals surface area (Å²) in [6.07, 6.45) is 2.05. The Hall–Kier alpha value is -3.35.